The largest absolute Gasteiger partial charge is 0.380 e. The lowest BCUT2D eigenvalue weighted by Crippen LogP contribution is -2.34. The molecule has 0 spiro atoms. The molecule has 1 aliphatic carbocycles. The van der Waals surface area contributed by atoms with Crippen molar-refractivity contribution >= 4 is 15.5 Å². The quantitative estimate of drug-likeness (QED) is 0.874. The highest BCUT2D eigenvalue weighted by molar-refractivity contribution is 7.91. The smallest absolute Gasteiger partial charge is 0.161 e. The first-order valence-corrected chi connectivity index (χ1v) is 8.33. The summed E-state index contributed by atoms with van der Waals surface area (Å²) in [5.74, 6) is -3.26. The van der Waals surface area contributed by atoms with Crippen molar-refractivity contribution in [3.05, 3.63) is 29.6 Å². The second-order valence-electron chi connectivity index (χ2n) is 5.21. The van der Waals surface area contributed by atoms with Crippen LogP contribution in [0, 0.1) is 17.5 Å². The average Bonchev–Trinajstić information content (AvgIpc) is 2.35. The van der Waals surface area contributed by atoms with Gasteiger partial charge in [0.25, 0.3) is 0 Å². The molecule has 1 N–H and O–H groups in total. The number of rotatable bonds is 3. The van der Waals surface area contributed by atoms with E-state index >= 15 is 0 Å². The van der Waals surface area contributed by atoms with Crippen LogP contribution >= 0.6 is 0 Å². The lowest BCUT2D eigenvalue weighted by molar-refractivity contribution is 0.449. The molecule has 112 valence electrons. The second kappa shape index (κ2) is 5.63. The first-order valence-electron chi connectivity index (χ1n) is 6.37. The molecule has 1 fully saturated rings. The van der Waals surface area contributed by atoms with Gasteiger partial charge in [0.2, 0.25) is 0 Å². The van der Waals surface area contributed by atoms with Gasteiger partial charge in [0.1, 0.15) is 15.7 Å². The molecule has 0 heterocycles. The molecular weight excluding hydrogens is 291 g/mol. The molecule has 1 aromatic rings. The summed E-state index contributed by atoms with van der Waals surface area (Å²) in [6.45, 7) is 0. The molecule has 20 heavy (non-hydrogen) atoms. The highest BCUT2D eigenvalue weighted by Gasteiger charge is 2.29. The zero-order chi connectivity index (χ0) is 14.9. The van der Waals surface area contributed by atoms with Gasteiger partial charge in [-0.2, -0.15) is 0 Å². The van der Waals surface area contributed by atoms with Gasteiger partial charge in [-0.05, 0) is 19.3 Å². The molecule has 0 bridgehead atoms. The van der Waals surface area contributed by atoms with E-state index in [9.17, 15) is 21.6 Å². The molecule has 3 nitrogen and oxygen atoms in total. The number of halogens is 3. The van der Waals surface area contributed by atoms with Gasteiger partial charge in [0.05, 0.1) is 10.9 Å². The summed E-state index contributed by atoms with van der Waals surface area (Å²) in [6, 6.07) is 0.978. The fraction of sp³-hybridized carbons (Fsp3) is 0.538. The van der Waals surface area contributed by atoms with Crippen LogP contribution in [0.25, 0.3) is 0 Å². The van der Waals surface area contributed by atoms with E-state index in [0.29, 0.717) is 31.7 Å². The Bertz CT molecular complexity index is 604. The van der Waals surface area contributed by atoms with Crippen LogP contribution in [0.1, 0.15) is 25.7 Å². The lowest BCUT2D eigenvalue weighted by atomic mass is 9.94. The maximum Gasteiger partial charge on any atom is 0.161 e. The molecule has 0 aromatic heterocycles. The van der Waals surface area contributed by atoms with Crippen molar-refractivity contribution < 1.29 is 21.6 Å². The van der Waals surface area contributed by atoms with Gasteiger partial charge in [0, 0.05) is 24.4 Å². The van der Waals surface area contributed by atoms with Crippen molar-refractivity contribution in [1.29, 1.82) is 0 Å². The predicted molar refractivity (Wildman–Crippen MR) is 70.8 cm³/mol. The van der Waals surface area contributed by atoms with Crippen molar-refractivity contribution in [3.63, 3.8) is 0 Å². The summed E-state index contributed by atoms with van der Waals surface area (Å²) in [5, 5.41) is 2.30. The van der Waals surface area contributed by atoms with E-state index in [1.807, 2.05) is 0 Å². The zero-order valence-electron chi connectivity index (χ0n) is 11.0. The minimum absolute atomic E-state index is 0.136. The molecule has 1 aromatic carbocycles. The van der Waals surface area contributed by atoms with E-state index in [-0.39, 0.29) is 11.7 Å². The molecule has 2 unspecified atom stereocenters. The molecule has 2 rings (SSSR count). The van der Waals surface area contributed by atoms with Gasteiger partial charge in [-0.25, -0.2) is 21.6 Å². The van der Waals surface area contributed by atoms with E-state index in [1.165, 1.54) is 6.26 Å². The number of hydrogen-bond acceptors (Lipinski definition) is 3. The third-order valence-corrected chi connectivity index (χ3v) is 5.24. The number of nitrogens with one attached hydrogen (secondary N) is 1. The molecule has 0 amide bonds. The van der Waals surface area contributed by atoms with Gasteiger partial charge in [-0.15, -0.1) is 0 Å². The molecule has 2 atom stereocenters. The third kappa shape index (κ3) is 3.45. The van der Waals surface area contributed by atoms with Crippen molar-refractivity contribution in [2.75, 3.05) is 11.6 Å². The standard InChI is InChI=1S/C13H16F3NO2S/c1-20(18,19)9-4-2-3-8(5-9)17-13-7-11(15)10(14)6-12(13)16/h6-9,17H,2-5H2,1H3. The third-order valence-electron chi connectivity index (χ3n) is 3.60. The summed E-state index contributed by atoms with van der Waals surface area (Å²) in [6.07, 6.45) is 3.47. The summed E-state index contributed by atoms with van der Waals surface area (Å²) in [7, 11) is -3.14. The van der Waals surface area contributed by atoms with Gasteiger partial charge in [-0.3, -0.25) is 0 Å². The summed E-state index contributed by atoms with van der Waals surface area (Å²) in [4.78, 5) is 0. The van der Waals surface area contributed by atoms with Crippen molar-refractivity contribution in [3.8, 4) is 0 Å². The Kier molecular flexibility index (Phi) is 4.27. The van der Waals surface area contributed by atoms with Gasteiger partial charge < -0.3 is 5.32 Å². The van der Waals surface area contributed by atoms with Crippen molar-refractivity contribution in [1.82, 2.24) is 0 Å². The lowest BCUT2D eigenvalue weighted by Gasteiger charge is -2.29. The molecule has 1 aliphatic rings. The van der Waals surface area contributed by atoms with Crippen LogP contribution in [0.4, 0.5) is 18.9 Å². The number of benzene rings is 1. The highest BCUT2D eigenvalue weighted by Crippen LogP contribution is 2.28. The summed E-state index contributed by atoms with van der Waals surface area (Å²) >= 11 is 0. The van der Waals surface area contributed by atoms with Gasteiger partial charge in [0.15, 0.2) is 11.6 Å². The van der Waals surface area contributed by atoms with E-state index < -0.39 is 32.5 Å². The van der Waals surface area contributed by atoms with Crippen molar-refractivity contribution in [2.24, 2.45) is 0 Å². The van der Waals surface area contributed by atoms with E-state index in [4.69, 9.17) is 0 Å². The molecule has 1 saturated carbocycles. The van der Waals surface area contributed by atoms with Gasteiger partial charge >= 0.3 is 0 Å². The minimum Gasteiger partial charge on any atom is -0.380 e. The maximum absolute atomic E-state index is 13.5. The SMILES string of the molecule is CS(=O)(=O)C1CCCC(Nc2cc(F)c(F)cc2F)C1. The fourth-order valence-electron chi connectivity index (χ4n) is 2.52. The monoisotopic (exact) mass is 307 g/mol. The van der Waals surface area contributed by atoms with E-state index in [0.717, 1.165) is 6.07 Å². The number of hydrogen-bond donors (Lipinski definition) is 1. The minimum atomic E-state index is -3.14. The maximum atomic E-state index is 13.5. The number of anilines is 1. The van der Waals surface area contributed by atoms with Crippen LogP contribution in [-0.4, -0.2) is 26.0 Å². The number of sulfone groups is 1. The first kappa shape index (κ1) is 15.2. The molecule has 0 radical (unpaired) electrons. The molecule has 0 saturated heterocycles. The Morgan fingerprint density at radius 2 is 1.75 bits per heavy atom. The molecule has 7 heteroatoms. The molecule has 0 aliphatic heterocycles. The Hall–Kier alpha value is -1.24. The Morgan fingerprint density at radius 1 is 1.10 bits per heavy atom. The Morgan fingerprint density at radius 3 is 2.40 bits per heavy atom. The van der Waals surface area contributed by atoms with Crippen LogP contribution in [0.5, 0.6) is 0 Å². The van der Waals surface area contributed by atoms with Crippen LogP contribution in [0.2, 0.25) is 0 Å². The normalized spacial score (nSPS) is 23.6. The fourth-order valence-corrected chi connectivity index (χ4v) is 3.69. The Labute approximate surface area is 116 Å². The highest BCUT2D eigenvalue weighted by atomic mass is 32.2. The van der Waals surface area contributed by atoms with Crippen LogP contribution in [0.3, 0.4) is 0 Å². The van der Waals surface area contributed by atoms with Crippen LogP contribution < -0.4 is 5.32 Å². The van der Waals surface area contributed by atoms with Gasteiger partial charge in [-0.1, -0.05) is 6.42 Å². The second-order valence-corrected chi connectivity index (χ2v) is 7.53. The average molecular weight is 307 g/mol. The van der Waals surface area contributed by atoms with Crippen molar-refractivity contribution in [2.45, 2.75) is 37.0 Å². The Balaban J connectivity index is 2.12. The zero-order valence-corrected chi connectivity index (χ0v) is 11.8. The molecular formula is C13H16F3NO2S. The van der Waals surface area contributed by atoms with Crippen LogP contribution in [-0.2, 0) is 9.84 Å². The predicted octanol–water partition coefficient (Wildman–Crippen LogP) is 2.87. The first-order chi connectivity index (χ1) is 9.27. The summed E-state index contributed by atoms with van der Waals surface area (Å²) in [5.41, 5.74) is -0.136. The topological polar surface area (TPSA) is 46.2 Å². The van der Waals surface area contributed by atoms with E-state index in [1.54, 1.807) is 0 Å². The van der Waals surface area contributed by atoms with E-state index in [2.05, 4.69) is 5.32 Å². The summed E-state index contributed by atoms with van der Waals surface area (Å²) < 4.78 is 62.5. The van der Waals surface area contributed by atoms with Crippen LogP contribution in [0.15, 0.2) is 12.1 Å².